The molecule has 0 aromatic heterocycles. The lowest BCUT2D eigenvalue weighted by Gasteiger charge is -2.09. The van der Waals surface area contributed by atoms with Gasteiger partial charge in [-0.15, -0.1) is 0 Å². The lowest BCUT2D eigenvalue weighted by atomic mass is 9.99. The molecule has 0 saturated carbocycles. The molecule has 0 saturated heterocycles. The average Bonchev–Trinajstić information content (AvgIpc) is 2.35. The number of hydrogen-bond acceptors (Lipinski definition) is 1. The van der Waals surface area contributed by atoms with Crippen molar-refractivity contribution < 1.29 is 5.11 Å². The highest BCUT2D eigenvalue weighted by Gasteiger charge is 2.06. The van der Waals surface area contributed by atoms with Crippen molar-refractivity contribution in [3.05, 3.63) is 53.1 Å². The zero-order valence-corrected chi connectivity index (χ0v) is 12.4. The van der Waals surface area contributed by atoms with Crippen LogP contribution in [0.1, 0.15) is 44.4 Å². The zero-order valence-electron chi connectivity index (χ0n) is 12.4. The fraction of sp³-hybridized carbons (Fsp3) is 0.333. The summed E-state index contributed by atoms with van der Waals surface area (Å²) in [5.74, 6) is 0.841. The molecule has 0 aliphatic carbocycles. The molecule has 1 heteroatoms. The first kappa shape index (κ1) is 15.3. The second-order valence-corrected chi connectivity index (χ2v) is 5.41. The van der Waals surface area contributed by atoms with Gasteiger partial charge in [0.15, 0.2) is 0 Å². The van der Waals surface area contributed by atoms with E-state index < -0.39 is 0 Å². The van der Waals surface area contributed by atoms with Gasteiger partial charge in [-0.05, 0) is 49.4 Å². The minimum absolute atomic E-state index is 0.375. The molecule has 0 aliphatic heterocycles. The van der Waals surface area contributed by atoms with Crippen molar-refractivity contribution in [1.82, 2.24) is 0 Å². The Morgan fingerprint density at radius 1 is 1.32 bits per heavy atom. The van der Waals surface area contributed by atoms with Crippen molar-refractivity contribution in [2.45, 2.75) is 34.1 Å². The van der Waals surface area contributed by atoms with Crippen molar-refractivity contribution in [1.29, 1.82) is 0 Å². The molecule has 1 rings (SSSR count). The summed E-state index contributed by atoms with van der Waals surface area (Å²) in [7, 11) is 0. The molecule has 1 N–H and O–H groups in total. The summed E-state index contributed by atoms with van der Waals surface area (Å²) in [6.07, 6.45) is 8.76. The van der Waals surface area contributed by atoms with Crippen molar-refractivity contribution >= 4 is 12.2 Å². The van der Waals surface area contributed by atoms with E-state index in [9.17, 15) is 5.11 Å². The van der Waals surface area contributed by atoms with Gasteiger partial charge in [0.25, 0.3) is 0 Å². The molecule has 1 aromatic carbocycles. The van der Waals surface area contributed by atoms with E-state index in [2.05, 4.69) is 46.4 Å². The van der Waals surface area contributed by atoms with Crippen LogP contribution in [0.25, 0.3) is 12.2 Å². The van der Waals surface area contributed by atoms with Crippen LogP contribution >= 0.6 is 0 Å². The van der Waals surface area contributed by atoms with E-state index in [0.717, 1.165) is 23.1 Å². The normalized spacial score (nSPS) is 11.0. The first-order chi connectivity index (χ1) is 8.93. The highest BCUT2D eigenvalue weighted by Crippen LogP contribution is 2.28. The SMILES string of the molecule is C=Cc1cc(C=CC(C)C)c(O)c(CC=C(C)C)c1. The minimum Gasteiger partial charge on any atom is -0.507 e. The second kappa shape index (κ2) is 6.98. The summed E-state index contributed by atoms with van der Waals surface area (Å²) in [6, 6.07) is 3.96. The van der Waals surface area contributed by atoms with E-state index in [1.54, 1.807) is 0 Å². The smallest absolute Gasteiger partial charge is 0.126 e. The monoisotopic (exact) mass is 256 g/mol. The lowest BCUT2D eigenvalue weighted by Crippen LogP contribution is -1.89. The Balaban J connectivity index is 3.20. The lowest BCUT2D eigenvalue weighted by molar-refractivity contribution is 0.468. The summed E-state index contributed by atoms with van der Waals surface area (Å²) < 4.78 is 0. The van der Waals surface area contributed by atoms with Gasteiger partial charge in [-0.3, -0.25) is 0 Å². The summed E-state index contributed by atoms with van der Waals surface area (Å²) in [5.41, 5.74) is 4.10. The molecule has 0 unspecified atom stereocenters. The number of aromatic hydroxyl groups is 1. The summed E-state index contributed by atoms with van der Waals surface area (Å²) in [4.78, 5) is 0. The van der Waals surface area contributed by atoms with Crippen molar-refractivity contribution in [3.8, 4) is 5.75 Å². The Bertz CT molecular complexity index is 501. The first-order valence-corrected chi connectivity index (χ1v) is 6.74. The molecular weight excluding hydrogens is 232 g/mol. The van der Waals surface area contributed by atoms with Crippen LogP contribution in [0.4, 0.5) is 0 Å². The Morgan fingerprint density at radius 2 is 2.00 bits per heavy atom. The van der Waals surface area contributed by atoms with E-state index in [-0.39, 0.29) is 0 Å². The molecule has 0 bridgehead atoms. The minimum atomic E-state index is 0.375. The van der Waals surface area contributed by atoms with Gasteiger partial charge in [0, 0.05) is 5.56 Å². The number of benzene rings is 1. The van der Waals surface area contributed by atoms with Crippen LogP contribution in [0.2, 0.25) is 0 Å². The molecule has 0 aliphatic rings. The third kappa shape index (κ3) is 4.78. The fourth-order valence-electron chi connectivity index (χ4n) is 1.76. The second-order valence-electron chi connectivity index (χ2n) is 5.41. The van der Waals surface area contributed by atoms with Gasteiger partial charge < -0.3 is 5.11 Å². The van der Waals surface area contributed by atoms with E-state index in [4.69, 9.17) is 0 Å². The topological polar surface area (TPSA) is 20.2 Å². The molecule has 0 heterocycles. The van der Waals surface area contributed by atoms with Crippen molar-refractivity contribution in [2.75, 3.05) is 0 Å². The van der Waals surface area contributed by atoms with Gasteiger partial charge in [-0.2, -0.15) is 0 Å². The Labute approximate surface area is 117 Å². The third-order valence-electron chi connectivity index (χ3n) is 2.87. The first-order valence-electron chi connectivity index (χ1n) is 6.74. The molecule has 0 spiro atoms. The summed E-state index contributed by atoms with van der Waals surface area (Å²) >= 11 is 0. The predicted octanol–water partition coefficient (Wildman–Crippen LogP) is 5.21. The van der Waals surface area contributed by atoms with Crippen LogP contribution in [0, 0.1) is 5.92 Å². The number of phenols is 1. The van der Waals surface area contributed by atoms with Crippen LogP contribution in [0.15, 0.2) is 36.4 Å². The maximum atomic E-state index is 10.3. The zero-order chi connectivity index (χ0) is 14.4. The molecular formula is C18H24O. The highest BCUT2D eigenvalue weighted by atomic mass is 16.3. The van der Waals surface area contributed by atoms with Crippen LogP contribution < -0.4 is 0 Å². The number of rotatable bonds is 5. The number of phenolic OH excluding ortho intramolecular Hbond substituents is 1. The van der Waals surface area contributed by atoms with E-state index in [1.165, 1.54) is 5.57 Å². The van der Waals surface area contributed by atoms with Crippen LogP contribution in [0.3, 0.4) is 0 Å². The van der Waals surface area contributed by atoms with E-state index in [0.29, 0.717) is 11.7 Å². The number of hydrogen-bond donors (Lipinski definition) is 1. The van der Waals surface area contributed by atoms with Gasteiger partial charge in [-0.25, -0.2) is 0 Å². The van der Waals surface area contributed by atoms with Gasteiger partial charge in [0.05, 0.1) is 0 Å². The maximum Gasteiger partial charge on any atom is 0.126 e. The standard InChI is InChI=1S/C18H24O/c1-6-15-11-16(9-7-13(2)3)18(19)17(12-15)10-8-14(4)5/h6-9,11-13,19H,1,10H2,2-5H3. The summed E-state index contributed by atoms with van der Waals surface area (Å²) in [5, 5.41) is 10.3. The maximum absolute atomic E-state index is 10.3. The Kier molecular flexibility index (Phi) is 5.62. The molecule has 0 radical (unpaired) electrons. The molecule has 0 atom stereocenters. The Hall–Kier alpha value is -1.76. The largest absolute Gasteiger partial charge is 0.507 e. The fourth-order valence-corrected chi connectivity index (χ4v) is 1.76. The van der Waals surface area contributed by atoms with Gasteiger partial charge in [0.2, 0.25) is 0 Å². The highest BCUT2D eigenvalue weighted by molar-refractivity contribution is 5.65. The number of allylic oxidation sites excluding steroid dienone is 3. The Morgan fingerprint density at radius 3 is 2.53 bits per heavy atom. The average molecular weight is 256 g/mol. The van der Waals surface area contributed by atoms with Crippen molar-refractivity contribution in [3.63, 3.8) is 0 Å². The molecule has 0 amide bonds. The van der Waals surface area contributed by atoms with Gasteiger partial charge in [-0.1, -0.05) is 50.3 Å². The summed E-state index contributed by atoms with van der Waals surface area (Å²) in [6.45, 7) is 12.2. The van der Waals surface area contributed by atoms with E-state index >= 15 is 0 Å². The molecule has 19 heavy (non-hydrogen) atoms. The van der Waals surface area contributed by atoms with Gasteiger partial charge >= 0.3 is 0 Å². The van der Waals surface area contributed by atoms with Gasteiger partial charge in [0.1, 0.15) is 5.75 Å². The molecule has 102 valence electrons. The van der Waals surface area contributed by atoms with Crippen LogP contribution in [-0.4, -0.2) is 5.11 Å². The molecule has 1 aromatic rings. The predicted molar refractivity (Wildman–Crippen MR) is 85.2 cm³/mol. The van der Waals surface area contributed by atoms with Crippen LogP contribution in [0.5, 0.6) is 5.75 Å². The van der Waals surface area contributed by atoms with Crippen LogP contribution in [-0.2, 0) is 6.42 Å². The molecule has 1 nitrogen and oxygen atoms in total. The third-order valence-corrected chi connectivity index (χ3v) is 2.87. The van der Waals surface area contributed by atoms with Crippen molar-refractivity contribution in [2.24, 2.45) is 5.92 Å². The quantitative estimate of drug-likeness (QED) is 0.717. The molecule has 0 fully saturated rings. The van der Waals surface area contributed by atoms with E-state index in [1.807, 2.05) is 24.3 Å².